The van der Waals surface area contributed by atoms with E-state index in [1.165, 1.54) is 6.26 Å². The van der Waals surface area contributed by atoms with Crippen LogP contribution in [0.4, 0.5) is 0 Å². The van der Waals surface area contributed by atoms with Crippen molar-refractivity contribution in [3.05, 3.63) is 35.4 Å². The zero-order chi connectivity index (χ0) is 14.5. The van der Waals surface area contributed by atoms with E-state index in [0.717, 1.165) is 5.56 Å². The van der Waals surface area contributed by atoms with Crippen molar-refractivity contribution >= 4 is 15.7 Å². The summed E-state index contributed by atoms with van der Waals surface area (Å²) >= 11 is 0. The molecule has 0 fully saturated rings. The predicted molar refractivity (Wildman–Crippen MR) is 75.0 cm³/mol. The molecule has 0 spiro atoms. The molecule has 106 valence electrons. The third-order valence-corrected chi connectivity index (χ3v) is 3.58. The first-order chi connectivity index (χ1) is 8.81. The molecule has 0 aliphatic rings. The van der Waals surface area contributed by atoms with Crippen LogP contribution in [0.2, 0.25) is 0 Å². The predicted octanol–water partition coefficient (Wildman–Crippen LogP) is 0.258. The Balaban J connectivity index is 2.58. The lowest BCUT2D eigenvalue weighted by molar-refractivity contribution is 0.318. The van der Waals surface area contributed by atoms with Gasteiger partial charge >= 0.3 is 0 Å². The smallest absolute Gasteiger partial charge is 0.170 e. The quantitative estimate of drug-likeness (QED) is 0.338. The first-order valence-electron chi connectivity index (χ1n) is 5.75. The van der Waals surface area contributed by atoms with Crippen LogP contribution < -0.4 is 5.73 Å². The molecule has 0 bridgehead atoms. The highest BCUT2D eigenvalue weighted by molar-refractivity contribution is 7.90. The number of benzene rings is 1. The van der Waals surface area contributed by atoms with Gasteiger partial charge in [-0.2, -0.15) is 0 Å². The van der Waals surface area contributed by atoms with Gasteiger partial charge in [0.1, 0.15) is 9.84 Å². The molecule has 0 amide bonds. The van der Waals surface area contributed by atoms with Crippen LogP contribution >= 0.6 is 0 Å². The molecule has 0 unspecified atom stereocenters. The highest BCUT2D eigenvalue weighted by Gasteiger charge is 2.06. The summed E-state index contributed by atoms with van der Waals surface area (Å²) in [7, 11) is -1.07. The molecule has 1 aromatic carbocycles. The van der Waals surface area contributed by atoms with Crippen LogP contribution in [-0.4, -0.2) is 50.0 Å². The number of oxime groups is 1. The zero-order valence-electron chi connectivity index (χ0n) is 11.1. The number of amidine groups is 1. The largest absolute Gasteiger partial charge is 0.409 e. The van der Waals surface area contributed by atoms with E-state index in [2.05, 4.69) is 5.16 Å². The van der Waals surface area contributed by atoms with Crippen molar-refractivity contribution in [2.24, 2.45) is 10.9 Å². The molecular formula is C12H19N3O3S. The van der Waals surface area contributed by atoms with Crippen molar-refractivity contribution in [2.45, 2.75) is 6.54 Å². The number of nitrogens with two attached hydrogens (primary N) is 1. The van der Waals surface area contributed by atoms with Gasteiger partial charge in [-0.3, -0.25) is 0 Å². The lowest BCUT2D eigenvalue weighted by Crippen LogP contribution is -2.25. The summed E-state index contributed by atoms with van der Waals surface area (Å²) in [4.78, 5) is 1.93. The molecular weight excluding hydrogens is 266 g/mol. The second-order valence-electron chi connectivity index (χ2n) is 4.55. The fourth-order valence-corrected chi connectivity index (χ4v) is 2.19. The highest BCUT2D eigenvalue weighted by Crippen LogP contribution is 2.06. The molecule has 0 aromatic heterocycles. The Bertz CT molecular complexity index is 538. The lowest BCUT2D eigenvalue weighted by atomic mass is 10.1. The van der Waals surface area contributed by atoms with E-state index in [4.69, 9.17) is 10.9 Å². The van der Waals surface area contributed by atoms with E-state index >= 15 is 0 Å². The molecule has 7 heteroatoms. The molecule has 1 rings (SSSR count). The number of sulfone groups is 1. The van der Waals surface area contributed by atoms with Crippen molar-refractivity contribution in [1.29, 1.82) is 0 Å². The molecule has 1 aromatic rings. The molecule has 3 N–H and O–H groups in total. The number of nitrogens with zero attached hydrogens (tertiary/aromatic N) is 2. The molecule has 0 saturated heterocycles. The third-order valence-electron chi connectivity index (χ3n) is 2.65. The van der Waals surface area contributed by atoms with Crippen LogP contribution in [0.3, 0.4) is 0 Å². The van der Waals surface area contributed by atoms with Gasteiger partial charge in [-0.15, -0.1) is 0 Å². The van der Waals surface area contributed by atoms with Crippen LogP contribution in [0.5, 0.6) is 0 Å². The maximum absolute atomic E-state index is 11.1. The summed E-state index contributed by atoms with van der Waals surface area (Å²) in [5, 5.41) is 11.5. The zero-order valence-corrected chi connectivity index (χ0v) is 11.9. The Hall–Kier alpha value is -1.60. The van der Waals surface area contributed by atoms with Gasteiger partial charge in [0, 0.05) is 24.9 Å². The minimum absolute atomic E-state index is 0.0666. The van der Waals surface area contributed by atoms with Gasteiger partial charge in [0.05, 0.1) is 5.75 Å². The number of hydrogen-bond donors (Lipinski definition) is 2. The molecule has 0 heterocycles. The summed E-state index contributed by atoms with van der Waals surface area (Å²) < 4.78 is 22.1. The van der Waals surface area contributed by atoms with E-state index < -0.39 is 9.84 Å². The van der Waals surface area contributed by atoms with Crippen LogP contribution in [0.15, 0.2) is 29.4 Å². The minimum atomic E-state index is -2.93. The van der Waals surface area contributed by atoms with E-state index in [1.54, 1.807) is 12.1 Å². The van der Waals surface area contributed by atoms with Crippen LogP contribution in [0.25, 0.3) is 0 Å². The van der Waals surface area contributed by atoms with E-state index in [9.17, 15) is 8.42 Å². The fourth-order valence-electron chi connectivity index (χ4n) is 1.55. The Labute approximate surface area is 113 Å². The highest BCUT2D eigenvalue weighted by atomic mass is 32.2. The molecule has 0 aliphatic carbocycles. The van der Waals surface area contributed by atoms with Gasteiger partial charge in [0.25, 0.3) is 0 Å². The van der Waals surface area contributed by atoms with E-state index in [1.807, 2.05) is 24.1 Å². The molecule has 0 atom stereocenters. The Morgan fingerprint density at radius 3 is 2.42 bits per heavy atom. The maximum atomic E-state index is 11.1. The van der Waals surface area contributed by atoms with Crippen molar-refractivity contribution in [3.8, 4) is 0 Å². The average Bonchev–Trinajstić information content (AvgIpc) is 2.35. The second-order valence-corrected chi connectivity index (χ2v) is 6.81. The third kappa shape index (κ3) is 5.71. The summed E-state index contributed by atoms with van der Waals surface area (Å²) in [6, 6.07) is 7.25. The van der Waals surface area contributed by atoms with Crippen molar-refractivity contribution in [1.82, 2.24) is 4.90 Å². The summed E-state index contributed by atoms with van der Waals surface area (Å²) in [6.45, 7) is 1.13. The Morgan fingerprint density at radius 1 is 1.37 bits per heavy atom. The normalized spacial score (nSPS) is 12.9. The van der Waals surface area contributed by atoms with Crippen molar-refractivity contribution in [2.75, 3.05) is 25.6 Å². The Morgan fingerprint density at radius 2 is 1.95 bits per heavy atom. The monoisotopic (exact) mass is 285 g/mol. The van der Waals surface area contributed by atoms with Gasteiger partial charge < -0.3 is 15.8 Å². The van der Waals surface area contributed by atoms with Crippen molar-refractivity contribution < 1.29 is 13.6 Å². The van der Waals surface area contributed by atoms with Gasteiger partial charge in [0.2, 0.25) is 0 Å². The summed E-state index contributed by atoms with van der Waals surface area (Å²) in [6.07, 6.45) is 1.23. The standard InChI is InChI=1S/C12H19N3O3S/c1-15(7-8-19(2,17)18)9-10-3-5-11(6-4-10)12(13)14-16/h3-6,16H,7-9H2,1-2H3,(H2,13,14). The summed E-state index contributed by atoms with van der Waals surface area (Å²) in [5.41, 5.74) is 7.14. The fraction of sp³-hybridized carbons (Fsp3) is 0.417. The molecule has 0 radical (unpaired) electrons. The molecule has 19 heavy (non-hydrogen) atoms. The van der Waals surface area contributed by atoms with E-state index in [-0.39, 0.29) is 11.6 Å². The molecule has 0 aliphatic heterocycles. The topological polar surface area (TPSA) is 96.0 Å². The van der Waals surface area contributed by atoms with Gasteiger partial charge in [-0.1, -0.05) is 29.4 Å². The first-order valence-corrected chi connectivity index (χ1v) is 7.81. The number of hydrogen-bond acceptors (Lipinski definition) is 5. The van der Waals surface area contributed by atoms with Gasteiger partial charge in [-0.05, 0) is 12.6 Å². The SMILES string of the molecule is CN(CCS(C)(=O)=O)Cc1ccc(C(N)=NO)cc1. The van der Waals surface area contributed by atoms with Crippen LogP contribution in [0, 0.1) is 0 Å². The molecule has 0 saturated carbocycles. The maximum Gasteiger partial charge on any atom is 0.170 e. The summed E-state index contributed by atoms with van der Waals surface area (Å²) in [5.74, 6) is 0.211. The van der Waals surface area contributed by atoms with Gasteiger partial charge in [0.15, 0.2) is 5.84 Å². The lowest BCUT2D eigenvalue weighted by Gasteiger charge is -2.16. The average molecular weight is 285 g/mol. The minimum Gasteiger partial charge on any atom is -0.409 e. The van der Waals surface area contributed by atoms with Crippen LogP contribution in [0.1, 0.15) is 11.1 Å². The molecule has 6 nitrogen and oxygen atoms in total. The van der Waals surface area contributed by atoms with Gasteiger partial charge in [-0.25, -0.2) is 8.42 Å². The van der Waals surface area contributed by atoms with Crippen molar-refractivity contribution in [3.63, 3.8) is 0 Å². The van der Waals surface area contributed by atoms with E-state index in [0.29, 0.717) is 18.7 Å². The van der Waals surface area contributed by atoms with Crippen LogP contribution in [-0.2, 0) is 16.4 Å². The first kappa shape index (κ1) is 15.5. The Kier molecular flexibility index (Phi) is 5.31. The number of rotatable bonds is 6. The second kappa shape index (κ2) is 6.53.